The van der Waals surface area contributed by atoms with Crippen LogP contribution in [-0.4, -0.2) is 32.9 Å². The molecule has 1 aliphatic carbocycles. The smallest absolute Gasteiger partial charge is 0.416 e. The van der Waals surface area contributed by atoms with Gasteiger partial charge in [-0.15, -0.1) is 0 Å². The zero-order valence-electron chi connectivity index (χ0n) is 18.3. The Morgan fingerprint density at radius 1 is 1.21 bits per heavy atom. The zero-order valence-corrected chi connectivity index (χ0v) is 18.3. The topological polar surface area (TPSA) is 95.1 Å². The molecule has 176 valence electrons. The van der Waals surface area contributed by atoms with Crippen molar-refractivity contribution < 1.29 is 27.2 Å². The number of carbonyl (C=O) groups is 1. The van der Waals surface area contributed by atoms with Crippen LogP contribution in [-0.2, 0) is 11.7 Å². The van der Waals surface area contributed by atoms with Crippen LogP contribution in [0.1, 0.15) is 66.3 Å². The number of nitrogens with one attached hydrogen (secondary N) is 1. The number of aromatic nitrogens is 4. The molecule has 0 saturated heterocycles. The highest BCUT2D eigenvalue weighted by Gasteiger charge is 2.40. The van der Waals surface area contributed by atoms with Gasteiger partial charge in [0.2, 0.25) is 5.89 Å². The van der Waals surface area contributed by atoms with Crippen molar-refractivity contribution in [1.29, 1.82) is 0 Å². The van der Waals surface area contributed by atoms with Gasteiger partial charge >= 0.3 is 6.18 Å². The second kappa shape index (κ2) is 8.87. The molecule has 1 aromatic carbocycles. The maximum absolute atomic E-state index is 13.3. The molecule has 3 aromatic rings. The van der Waals surface area contributed by atoms with Crippen molar-refractivity contribution in [1.82, 2.24) is 25.2 Å². The highest BCUT2D eigenvalue weighted by atomic mass is 19.4. The number of carbonyl (C=O) groups excluding carboxylic acids is 1. The summed E-state index contributed by atoms with van der Waals surface area (Å²) in [6.07, 6.45) is 1.96. The lowest BCUT2D eigenvalue weighted by atomic mass is 9.89. The van der Waals surface area contributed by atoms with Gasteiger partial charge in [0.1, 0.15) is 5.54 Å². The Hall–Kier alpha value is -3.37. The van der Waals surface area contributed by atoms with Gasteiger partial charge in [0.25, 0.3) is 5.91 Å². The highest BCUT2D eigenvalue weighted by Crippen LogP contribution is 2.36. The predicted molar refractivity (Wildman–Crippen MR) is 111 cm³/mol. The number of amides is 1. The lowest BCUT2D eigenvalue weighted by Gasteiger charge is -2.30. The first-order valence-corrected chi connectivity index (χ1v) is 10.7. The van der Waals surface area contributed by atoms with E-state index in [0.717, 1.165) is 37.8 Å². The van der Waals surface area contributed by atoms with Crippen molar-refractivity contribution in [2.24, 2.45) is 0 Å². The van der Waals surface area contributed by atoms with E-state index in [1.165, 1.54) is 30.1 Å². The lowest BCUT2D eigenvalue weighted by Crippen LogP contribution is -2.46. The van der Waals surface area contributed by atoms with Crippen LogP contribution in [0.25, 0.3) is 5.69 Å². The third-order valence-corrected chi connectivity index (χ3v) is 5.82. The van der Waals surface area contributed by atoms with Crippen LogP contribution in [0, 0.1) is 6.92 Å². The van der Waals surface area contributed by atoms with E-state index in [-0.39, 0.29) is 17.1 Å². The van der Waals surface area contributed by atoms with Crippen LogP contribution in [0.15, 0.2) is 35.0 Å². The number of aryl methyl sites for hydroxylation is 1. The molecule has 1 saturated carbocycles. The monoisotopic (exact) mass is 463 g/mol. The highest BCUT2D eigenvalue weighted by molar-refractivity contribution is 5.95. The van der Waals surface area contributed by atoms with Crippen LogP contribution < -0.4 is 10.1 Å². The second-order valence-electron chi connectivity index (χ2n) is 8.13. The Balaban J connectivity index is 1.67. The largest absolute Gasteiger partial charge is 0.493 e. The molecular formula is C22H24F3N5O3. The van der Waals surface area contributed by atoms with Gasteiger partial charge in [0.05, 0.1) is 24.6 Å². The van der Waals surface area contributed by atoms with Gasteiger partial charge in [-0.1, -0.05) is 36.9 Å². The molecule has 0 aliphatic heterocycles. The average Bonchev–Trinajstić information content (AvgIpc) is 3.35. The summed E-state index contributed by atoms with van der Waals surface area (Å²) in [7, 11) is 1.37. The van der Waals surface area contributed by atoms with Gasteiger partial charge in [0.15, 0.2) is 17.3 Å². The lowest BCUT2D eigenvalue weighted by molar-refractivity contribution is -0.137. The number of rotatable bonds is 5. The summed E-state index contributed by atoms with van der Waals surface area (Å²) in [4.78, 5) is 17.7. The molecule has 8 nitrogen and oxygen atoms in total. The van der Waals surface area contributed by atoms with Gasteiger partial charge in [-0.2, -0.15) is 23.3 Å². The fraction of sp³-hybridized carbons (Fsp3) is 0.455. The Morgan fingerprint density at radius 2 is 1.94 bits per heavy atom. The van der Waals surface area contributed by atoms with Gasteiger partial charge in [-0.05, 0) is 31.0 Å². The predicted octanol–water partition coefficient (Wildman–Crippen LogP) is 4.57. The standard InChI is InChI=1S/C22H24F3N5O3/c1-14-26-20(29-33-14)21(10-5-3-4-6-11-21)27-19(31)18-17(32-2)13-30(28-18)16-9-7-8-15(12-16)22(23,24)25/h7-9,12-13H,3-6,10-11H2,1-2H3,(H,27,31). The Morgan fingerprint density at radius 3 is 2.55 bits per heavy atom. The normalized spacial score (nSPS) is 16.3. The van der Waals surface area contributed by atoms with Crippen LogP contribution in [0.2, 0.25) is 0 Å². The van der Waals surface area contributed by atoms with Crippen molar-refractivity contribution in [3.8, 4) is 11.4 Å². The van der Waals surface area contributed by atoms with E-state index < -0.39 is 23.2 Å². The first-order chi connectivity index (χ1) is 15.7. The molecule has 1 N–H and O–H groups in total. The Bertz CT molecular complexity index is 1130. The van der Waals surface area contributed by atoms with E-state index in [1.807, 2.05) is 0 Å². The molecule has 4 rings (SSSR count). The van der Waals surface area contributed by atoms with Crippen molar-refractivity contribution in [2.45, 2.75) is 57.2 Å². The first kappa shape index (κ1) is 22.8. The third kappa shape index (κ3) is 4.71. The number of hydrogen-bond acceptors (Lipinski definition) is 6. The van der Waals surface area contributed by atoms with Crippen LogP contribution in [0.5, 0.6) is 5.75 Å². The van der Waals surface area contributed by atoms with Crippen LogP contribution >= 0.6 is 0 Å². The average molecular weight is 463 g/mol. The number of hydrogen-bond donors (Lipinski definition) is 1. The first-order valence-electron chi connectivity index (χ1n) is 10.7. The maximum Gasteiger partial charge on any atom is 0.416 e. The van der Waals surface area contributed by atoms with Crippen LogP contribution in [0.4, 0.5) is 13.2 Å². The summed E-state index contributed by atoms with van der Waals surface area (Å²) in [6, 6.07) is 4.69. The summed E-state index contributed by atoms with van der Waals surface area (Å²) in [5.74, 6) is 0.417. The molecule has 0 radical (unpaired) electrons. The molecule has 1 amide bonds. The number of halogens is 3. The number of methoxy groups -OCH3 is 1. The molecule has 2 heterocycles. The summed E-state index contributed by atoms with van der Waals surface area (Å²) in [5, 5.41) is 11.3. The molecule has 33 heavy (non-hydrogen) atoms. The van der Waals surface area contributed by atoms with E-state index in [9.17, 15) is 18.0 Å². The maximum atomic E-state index is 13.3. The van der Waals surface area contributed by atoms with E-state index in [2.05, 4.69) is 20.6 Å². The number of nitrogens with zero attached hydrogens (tertiary/aromatic N) is 4. The van der Waals surface area contributed by atoms with E-state index in [0.29, 0.717) is 24.6 Å². The number of benzene rings is 1. The molecule has 1 fully saturated rings. The Labute approximate surface area is 188 Å². The summed E-state index contributed by atoms with van der Waals surface area (Å²) < 4.78 is 51.0. The fourth-order valence-electron chi connectivity index (χ4n) is 4.13. The van der Waals surface area contributed by atoms with Gasteiger partial charge < -0.3 is 14.6 Å². The molecule has 11 heteroatoms. The third-order valence-electron chi connectivity index (χ3n) is 5.82. The summed E-state index contributed by atoms with van der Waals surface area (Å²) in [5.41, 5.74) is -1.53. The van der Waals surface area contributed by atoms with Crippen molar-refractivity contribution in [3.63, 3.8) is 0 Å². The summed E-state index contributed by atoms with van der Waals surface area (Å²) >= 11 is 0. The van der Waals surface area contributed by atoms with E-state index >= 15 is 0 Å². The SMILES string of the molecule is COc1cn(-c2cccc(C(F)(F)F)c2)nc1C(=O)NC1(c2noc(C)n2)CCCCCC1. The molecule has 0 bridgehead atoms. The van der Waals surface area contributed by atoms with E-state index in [1.54, 1.807) is 6.92 Å². The minimum Gasteiger partial charge on any atom is -0.493 e. The van der Waals surface area contributed by atoms with Gasteiger partial charge in [0, 0.05) is 6.92 Å². The van der Waals surface area contributed by atoms with Gasteiger partial charge in [-0.3, -0.25) is 4.79 Å². The number of ether oxygens (including phenoxy) is 1. The minimum absolute atomic E-state index is 0.0428. The van der Waals surface area contributed by atoms with Crippen molar-refractivity contribution >= 4 is 5.91 Å². The Kier molecular flexibility index (Phi) is 6.13. The van der Waals surface area contributed by atoms with Crippen molar-refractivity contribution in [3.05, 3.63) is 53.4 Å². The van der Waals surface area contributed by atoms with Crippen LogP contribution in [0.3, 0.4) is 0 Å². The van der Waals surface area contributed by atoms with E-state index in [4.69, 9.17) is 9.26 Å². The second-order valence-corrected chi connectivity index (χ2v) is 8.13. The molecular weight excluding hydrogens is 439 g/mol. The molecule has 1 aliphatic rings. The summed E-state index contributed by atoms with van der Waals surface area (Å²) in [6.45, 7) is 1.68. The number of alkyl halides is 3. The molecule has 0 unspecified atom stereocenters. The van der Waals surface area contributed by atoms with Gasteiger partial charge in [-0.25, -0.2) is 4.68 Å². The fourth-order valence-corrected chi connectivity index (χ4v) is 4.13. The zero-order chi connectivity index (χ0) is 23.6. The molecule has 0 spiro atoms. The molecule has 2 aromatic heterocycles. The van der Waals surface area contributed by atoms with Crippen molar-refractivity contribution in [2.75, 3.05) is 7.11 Å². The minimum atomic E-state index is -4.50. The quantitative estimate of drug-likeness (QED) is 0.557. The molecule has 0 atom stereocenters.